The van der Waals surface area contributed by atoms with Crippen molar-refractivity contribution in [3.8, 4) is 6.07 Å². The first kappa shape index (κ1) is 24.2. The molecule has 174 valence electrons. The quantitative estimate of drug-likeness (QED) is 0.517. The van der Waals surface area contributed by atoms with Crippen LogP contribution in [0, 0.1) is 11.3 Å². The molecule has 0 radical (unpaired) electrons. The second-order valence-corrected chi connectivity index (χ2v) is 9.32. The van der Waals surface area contributed by atoms with Crippen molar-refractivity contribution in [1.29, 1.82) is 5.26 Å². The smallest absolute Gasteiger partial charge is 0.243 e. The Bertz CT molecular complexity index is 1110. The third-order valence-corrected chi connectivity index (χ3v) is 7.12. The summed E-state index contributed by atoms with van der Waals surface area (Å²) >= 11 is 0. The van der Waals surface area contributed by atoms with Crippen molar-refractivity contribution < 1.29 is 18.0 Å². The number of sulfonamides is 1. The zero-order valence-corrected chi connectivity index (χ0v) is 18.9. The van der Waals surface area contributed by atoms with Crippen LogP contribution in [0.15, 0.2) is 53.6 Å². The average molecular weight is 471 g/mol. The SMILES string of the molecule is N#Cc1cccnc1NCCNC(=O)CCC(=O)N1CCN(S(=O)(=O)c2ccccc2)CC1. The molecule has 10 nitrogen and oxygen atoms in total. The molecule has 0 aliphatic carbocycles. The molecule has 11 heteroatoms. The molecule has 0 spiro atoms. The number of carbonyl (C=O) groups is 2. The van der Waals surface area contributed by atoms with Gasteiger partial charge in [-0.2, -0.15) is 9.57 Å². The zero-order valence-electron chi connectivity index (χ0n) is 18.1. The Morgan fingerprint density at radius 3 is 2.42 bits per heavy atom. The lowest BCUT2D eigenvalue weighted by molar-refractivity contribution is -0.134. The van der Waals surface area contributed by atoms with Crippen LogP contribution in [0.3, 0.4) is 0 Å². The highest BCUT2D eigenvalue weighted by molar-refractivity contribution is 7.89. The number of rotatable bonds is 9. The van der Waals surface area contributed by atoms with E-state index in [1.807, 2.05) is 6.07 Å². The summed E-state index contributed by atoms with van der Waals surface area (Å²) in [6.45, 7) is 1.75. The molecule has 1 aromatic heterocycles. The Hall–Kier alpha value is -3.49. The van der Waals surface area contributed by atoms with E-state index in [4.69, 9.17) is 5.26 Å². The number of amides is 2. The Morgan fingerprint density at radius 1 is 1.00 bits per heavy atom. The van der Waals surface area contributed by atoms with Crippen LogP contribution < -0.4 is 10.6 Å². The number of benzene rings is 1. The summed E-state index contributed by atoms with van der Waals surface area (Å²) in [4.78, 5) is 30.4. The number of anilines is 1. The number of piperazine rings is 1. The van der Waals surface area contributed by atoms with Crippen molar-refractivity contribution >= 4 is 27.7 Å². The highest BCUT2D eigenvalue weighted by atomic mass is 32.2. The normalized spacial score (nSPS) is 14.3. The van der Waals surface area contributed by atoms with E-state index >= 15 is 0 Å². The summed E-state index contributed by atoms with van der Waals surface area (Å²) in [5.41, 5.74) is 0.422. The fourth-order valence-corrected chi connectivity index (χ4v) is 4.85. The van der Waals surface area contributed by atoms with Crippen LogP contribution in [0.1, 0.15) is 18.4 Å². The maximum Gasteiger partial charge on any atom is 0.243 e. The van der Waals surface area contributed by atoms with Crippen LogP contribution in [0.4, 0.5) is 5.82 Å². The third-order valence-electron chi connectivity index (χ3n) is 5.21. The van der Waals surface area contributed by atoms with E-state index in [2.05, 4.69) is 15.6 Å². The summed E-state index contributed by atoms with van der Waals surface area (Å²) in [6.07, 6.45) is 1.68. The van der Waals surface area contributed by atoms with Gasteiger partial charge in [0.15, 0.2) is 0 Å². The Balaban J connectivity index is 1.35. The van der Waals surface area contributed by atoms with Crippen LogP contribution in [0.5, 0.6) is 0 Å². The Labute approximate surface area is 193 Å². The molecular weight excluding hydrogens is 444 g/mol. The minimum absolute atomic E-state index is 0.0500. The number of hydrogen-bond donors (Lipinski definition) is 2. The molecular formula is C22H26N6O4S. The Morgan fingerprint density at radius 2 is 1.73 bits per heavy atom. The molecule has 2 aromatic rings. The average Bonchev–Trinajstić information content (AvgIpc) is 2.86. The molecule has 2 N–H and O–H groups in total. The first-order valence-corrected chi connectivity index (χ1v) is 12.0. The molecule has 0 saturated carbocycles. The molecule has 1 aliphatic heterocycles. The zero-order chi connectivity index (χ0) is 23.7. The van der Waals surface area contributed by atoms with Gasteiger partial charge in [-0.15, -0.1) is 0 Å². The molecule has 0 unspecified atom stereocenters. The standard InChI is InChI=1S/C22H26N6O4S/c23-17-18-5-4-10-25-22(18)26-12-11-24-20(29)8-9-21(30)27-13-15-28(16-14-27)33(31,32)19-6-2-1-3-7-19/h1-7,10H,8-9,11-16H2,(H,24,29)(H,25,26). The molecule has 1 aromatic carbocycles. The predicted octanol–water partition coefficient (Wildman–Crippen LogP) is 0.795. The highest BCUT2D eigenvalue weighted by Crippen LogP contribution is 2.17. The van der Waals surface area contributed by atoms with Gasteiger partial charge in [-0.3, -0.25) is 9.59 Å². The lowest BCUT2D eigenvalue weighted by Crippen LogP contribution is -2.50. The van der Waals surface area contributed by atoms with E-state index in [9.17, 15) is 18.0 Å². The second kappa shape index (κ2) is 11.4. The van der Waals surface area contributed by atoms with Crippen molar-refractivity contribution in [3.05, 3.63) is 54.2 Å². The highest BCUT2D eigenvalue weighted by Gasteiger charge is 2.29. The topological polar surface area (TPSA) is 135 Å². The van der Waals surface area contributed by atoms with E-state index in [0.29, 0.717) is 37.6 Å². The van der Waals surface area contributed by atoms with Gasteiger partial charge in [-0.25, -0.2) is 13.4 Å². The fraction of sp³-hybridized carbons (Fsp3) is 0.364. The molecule has 3 rings (SSSR count). The van der Waals surface area contributed by atoms with Gasteiger partial charge >= 0.3 is 0 Å². The number of aromatic nitrogens is 1. The van der Waals surface area contributed by atoms with Gasteiger partial charge in [0.25, 0.3) is 0 Å². The van der Waals surface area contributed by atoms with Crippen LogP contribution in [-0.4, -0.2) is 73.7 Å². The van der Waals surface area contributed by atoms with E-state index in [1.54, 1.807) is 53.6 Å². The minimum atomic E-state index is -3.57. The molecule has 2 amide bonds. The summed E-state index contributed by atoms with van der Waals surface area (Å²) in [5, 5.41) is 14.7. The molecule has 2 heterocycles. The third kappa shape index (κ3) is 6.50. The molecule has 1 aliphatic rings. The lowest BCUT2D eigenvalue weighted by atomic mass is 10.2. The summed E-state index contributed by atoms with van der Waals surface area (Å²) in [6, 6.07) is 13.6. The maximum atomic E-state index is 12.7. The van der Waals surface area contributed by atoms with Crippen molar-refractivity contribution in [3.63, 3.8) is 0 Å². The molecule has 1 saturated heterocycles. The second-order valence-electron chi connectivity index (χ2n) is 7.39. The maximum absolute atomic E-state index is 12.7. The lowest BCUT2D eigenvalue weighted by Gasteiger charge is -2.34. The number of carbonyl (C=O) groups excluding carboxylic acids is 2. The Kier molecular flexibility index (Phi) is 8.34. The van der Waals surface area contributed by atoms with Crippen LogP contribution in [-0.2, 0) is 19.6 Å². The van der Waals surface area contributed by atoms with E-state index in [0.717, 1.165) is 0 Å². The van der Waals surface area contributed by atoms with Gasteiger partial charge in [0, 0.05) is 58.3 Å². The summed E-state index contributed by atoms with van der Waals surface area (Å²) in [5.74, 6) is 0.0296. The van der Waals surface area contributed by atoms with Gasteiger partial charge < -0.3 is 15.5 Å². The summed E-state index contributed by atoms with van der Waals surface area (Å²) < 4.78 is 26.7. The summed E-state index contributed by atoms with van der Waals surface area (Å²) in [7, 11) is -3.57. The number of nitriles is 1. The molecule has 33 heavy (non-hydrogen) atoms. The largest absolute Gasteiger partial charge is 0.367 e. The molecule has 1 fully saturated rings. The molecule has 0 bridgehead atoms. The van der Waals surface area contributed by atoms with Crippen molar-refractivity contribution in [1.82, 2.24) is 19.5 Å². The van der Waals surface area contributed by atoms with E-state index in [1.165, 1.54) is 4.31 Å². The van der Waals surface area contributed by atoms with Crippen LogP contribution in [0.25, 0.3) is 0 Å². The van der Waals surface area contributed by atoms with Gasteiger partial charge in [0.2, 0.25) is 21.8 Å². The number of nitrogens with one attached hydrogen (secondary N) is 2. The monoisotopic (exact) mass is 470 g/mol. The number of pyridine rings is 1. The predicted molar refractivity (Wildman–Crippen MR) is 121 cm³/mol. The van der Waals surface area contributed by atoms with Gasteiger partial charge in [0.1, 0.15) is 11.9 Å². The van der Waals surface area contributed by atoms with Crippen molar-refractivity contribution in [2.75, 3.05) is 44.6 Å². The first-order chi connectivity index (χ1) is 15.9. The first-order valence-electron chi connectivity index (χ1n) is 10.6. The van der Waals surface area contributed by atoms with Gasteiger partial charge in [-0.1, -0.05) is 18.2 Å². The van der Waals surface area contributed by atoms with E-state index < -0.39 is 10.0 Å². The van der Waals surface area contributed by atoms with Gasteiger partial charge in [-0.05, 0) is 24.3 Å². The fourth-order valence-electron chi connectivity index (χ4n) is 3.41. The number of nitrogens with zero attached hydrogens (tertiary/aromatic N) is 4. The van der Waals surface area contributed by atoms with Crippen LogP contribution in [0.2, 0.25) is 0 Å². The minimum Gasteiger partial charge on any atom is -0.367 e. The number of hydrogen-bond acceptors (Lipinski definition) is 7. The van der Waals surface area contributed by atoms with Gasteiger partial charge in [0.05, 0.1) is 10.5 Å². The van der Waals surface area contributed by atoms with Crippen molar-refractivity contribution in [2.45, 2.75) is 17.7 Å². The molecule has 0 atom stereocenters. The van der Waals surface area contributed by atoms with E-state index in [-0.39, 0.29) is 42.6 Å². The van der Waals surface area contributed by atoms with Crippen molar-refractivity contribution in [2.24, 2.45) is 0 Å². The van der Waals surface area contributed by atoms with Crippen LogP contribution >= 0.6 is 0 Å².